The molecule has 2 aromatic rings. The van der Waals surface area contributed by atoms with Crippen LogP contribution in [0.25, 0.3) is 10.8 Å². The number of anilines is 1. The van der Waals surface area contributed by atoms with Crippen molar-refractivity contribution in [1.82, 2.24) is 15.2 Å². The summed E-state index contributed by atoms with van der Waals surface area (Å²) in [6.07, 6.45) is 3.66. The highest BCUT2D eigenvalue weighted by Crippen LogP contribution is 2.26. The summed E-state index contributed by atoms with van der Waals surface area (Å²) in [5.74, 6) is 1.18. The minimum atomic E-state index is -1.05. The van der Waals surface area contributed by atoms with Crippen molar-refractivity contribution in [3.05, 3.63) is 36.5 Å². The molecule has 2 amide bonds. The van der Waals surface area contributed by atoms with E-state index in [4.69, 9.17) is 0 Å². The quantitative estimate of drug-likeness (QED) is 0.816. The van der Waals surface area contributed by atoms with Crippen molar-refractivity contribution in [2.24, 2.45) is 5.92 Å². The lowest BCUT2D eigenvalue weighted by molar-refractivity contribution is -0.121. The average molecular weight is 370 g/mol. The third-order valence-corrected chi connectivity index (χ3v) is 5.25. The molecule has 27 heavy (non-hydrogen) atoms. The maximum absolute atomic E-state index is 11.4. The van der Waals surface area contributed by atoms with Gasteiger partial charge in [0, 0.05) is 38.3 Å². The SMILES string of the molecule is CNC(=O)CN(CCC1CCN(c2cc3ccccc3cn2)CC1)C(=O)O. The highest BCUT2D eigenvalue weighted by molar-refractivity contribution is 5.84. The second kappa shape index (κ2) is 8.70. The molecule has 0 unspecified atom stereocenters. The van der Waals surface area contributed by atoms with Crippen LogP contribution in [0.1, 0.15) is 19.3 Å². The second-order valence-electron chi connectivity index (χ2n) is 6.99. The molecule has 7 nitrogen and oxygen atoms in total. The Morgan fingerprint density at radius 1 is 1.26 bits per heavy atom. The lowest BCUT2D eigenvalue weighted by Gasteiger charge is -2.33. The monoisotopic (exact) mass is 370 g/mol. The predicted molar refractivity (Wildman–Crippen MR) is 105 cm³/mol. The van der Waals surface area contributed by atoms with E-state index in [9.17, 15) is 14.7 Å². The summed E-state index contributed by atoms with van der Waals surface area (Å²) in [6.45, 7) is 2.12. The van der Waals surface area contributed by atoms with E-state index in [1.807, 2.05) is 18.3 Å². The fraction of sp³-hybridized carbons (Fsp3) is 0.450. The lowest BCUT2D eigenvalue weighted by Crippen LogP contribution is -2.41. The fourth-order valence-electron chi connectivity index (χ4n) is 3.53. The van der Waals surface area contributed by atoms with Gasteiger partial charge in [-0.05, 0) is 36.6 Å². The predicted octanol–water partition coefficient (Wildman–Crippen LogP) is 2.57. The van der Waals surface area contributed by atoms with Gasteiger partial charge in [-0.15, -0.1) is 0 Å². The Hall–Kier alpha value is -2.83. The average Bonchev–Trinajstić information content (AvgIpc) is 2.70. The number of rotatable bonds is 6. The number of pyridine rings is 1. The highest BCUT2D eigenvalue weighted by Gasteiger charge is 2.22. The molecule has 3 rings (SSSR count). The molecule has 7 heteroatoms. The number of carboxylic acid groups (broad SMARTS) is 1. The number of carbonyl (C=O) groups is 2. The molecule has 0 saturated carbocycles. The van der Waals surface area contributed by atoms with Gasteiger partial charge in [0.1, 0.15) is 12.4 Å². The van der Waals surface area contributed by atoms with Gasteiger partial charge in [0.15, 0.2) is 0 Å². The van der Waals surface area contributed by atoms with Crippen molar-refractivity contribution in [3.8, 4) is 0 Å². The van der Waals surface area contributed by atoms with Crippen molar-refractivity contribution in [2.75, 3.05) is 38.1 Å². The van der Waals surface area contributed by atoms with Crippen LogP contribution >= 0.6 is 0 Å². The van der Waals surface area contributed by atoms with E-state index in [0.29, 0.717) is 12.5 Å². The van der Waals surface area contributed by atoms with E-state index < -0.39 is 6.09 Å². The number of likely N-dealkylation sites (N-methyl/N-ethyl adjacent to an activating group) is 1. The van der Waals surface area contributed by atoms with Gasteiger partial charge in [-0.1, -0.05) is 24.3 Å². The van der Waals surface area contributed by atoms with E-state index in [-0.39, 0.29) is 12.5 Å². The zero-order valence-electron chi connectivity index (χ0n) is 15.6. The van der Waals surface area contributed by atoms with Crippen LogP contribution in [0.2, 0.25) is 0 Å². The van der Waals surface area contributed by atoms with Crippen LogP contribution in [0, 0.1) is 5.92 Å². The number of benzene rings is 1. The number of aromatic nitrogens is 1. The van der Waals surface area contributed by atoms with Crippen molar-refractivity contribution in [3.63, 3.8) is 0 Å². The van der Waals surface area contributed by atoms with E-state index in [0.717, 1.165) is 43.6 Å². The molecule has 1 fully saturated rings. The van der Waals surface area contributed by atoms with Crippen LogP contribution in [-0.2, 0) is 4.79 Å². The molecule has 0 spiro atoms. The summed E-state index contributed by atoms with van der Waals surface area (Å²) in [5.41, 5.74) is 0. The lowest BCUT2D eigenvalue weighted by atomic mass is 9.93. The molecule has 0 aliphatic carbocycles. The number of carbonyl (C=O) groups excluding carboxylic acids is 1. The van der Waals surface area contributed by atoms with Crippen molar-refractivity contribution in [1.29, 1.82) is 0 Å². The smallest absolute Gasteiger partial charge is 0.407 e. The van der Waals surface area contributed by atoms with Crippen LogP contribution in [0.15, 0.2) is 36.5 Å². The van der Waals surface area contributed by atoms with Crippen LogP contribution in [0.5, 0.6) is 0 Å². The Labute approximate surface area is 159 Å². The first kappa shape index (κ1) is 18.9. The summed E-state index contributed by atoms with van der Waals surface area (Å²) in [4.78, 5) is 30.8. The van der Waals surface area contributed by atoms with E-state index in [2.05, 4.69) is 33.4 Å². The molecular weight excluding hydrogens is 344 g/mol. The van der Waals surface area contributed by atoms with E-state index in [1.54, 1.807) is 0 Å². The largest absolute Gasteiger partial charge is 0.465 e. The highest BCUT2D eigenvalue weighted by atomic mass is 16.4. The summed E-state index contributed by atoms with van der Waals surface area (Å²) in [7, 11) is 1.51. The molecule has 1 aromatic carbocycles. The number of nitrogens with zero attached hydrogens (tertiary/aromatic N) is 3. The molecule has 1 aliphatic heterocycles. The van der Waals surface area contributed by atoms with Crippen LogP contribution in [-0.4, -0.2) is 60.2 Å². The Morgan fingerprint density at radius 3 is 2.63 bits per heavy atom. The van der Waals surface area contributed by atoms with Gasteiger partial charge in [0.2, 0.25) is 5.91 Å². The van der Waals surface area contributed by atoms with Gasteiger partial charge >= 0.3 is 6.09 Å². The summed E-state index contributed by atoms with van der Waals surface area (Å²) in [5, 5.41) is 14.1. The topological polar surface area (TPSA) is 85.8 Å². The minimum Gasteiger partial charge on any atom is -0.465 e. The second-order valence-corrected chi connectivity index (χ2v) is 6.99. The van der Waals surface area contributed by atoms with Gasteiger partial charge in [-0.3, -0.25) is 9.69 Å². The molecule has 1 aromatic heterocycles. The fourth-order valence-corrected chi connectivity index (χ4v) is 3.53. The maximum Gasteiger partial charge on any atom is 0.407 e. The first-order valence-electron chi connectivity index (χ1n) is 9.35. The zero-order valence-corrected chi connectivity index (χ0v) is 15.6. The molecule has 144 valence electrons. The van der Waals surface area contributed by atoms with Crippen LogP contribution in [0.3, 0.4) is 0 Å². The van der Waals surface area contributed by atoms with Crippen LogP contribution < -0.4 is 10.2 Å². The normalized spacial score (nSPS) is 14.9. The minimum absolute atomic E-state index is 0.105. The molecule has 0 radical (unpaired) electrons. The first-order valence-corrected chi connectivity index (χ1v) is 9.35. The number of hydrogen-bond donors (Lipinski definition) is 2. The van der Waals surface area contributed by atoms with Gasteiger partial charge in [-0.25, -0.2) is 9.78 Å². The molecule has 1 saturated heterocycles. The van der Waals surface area contributed by atoms with Gasteiger partial charge < -0.3 is 15.3 Å². The van der Waals surface area contributed by atoms with Crippen molar-refractivity contribution < 1.29 is 14.7 Å². The third-order valence-electron chi connectivity index (χ3n) is 5.25. The third kappa shape index (κ3) is 4.87. The van der Waals surface area contributed by atoms with Gasteiger partial charge in [0.25, 0.3) is 0 Å². The Balaban J connectivity index is 1.52. The van der Waals surface area contributed by atoms with E-state index >= 15 is 0 Å². The molecule has 2 heterocycles. The molecular formula is C20H26N4O3. The molecule has 1 aliphatic rings. The van der Waals surface area contributed by atoms with Gasteiger partial charge in [0.05, 0.1) is 0 Å². The first-order chi connectivity index (χ1) is 13.1. The number of nitrogens with one attached hydrogen (secondary N) is 1. The number of amides is 2. The summed E-state index contributed by atoms with van der Waals surface area (Å²) in [6, 6.07) is 10.3. The van der Waals surface area contributed by atoms with Crippen molar-refractivity contribution >= 4 is 28.6 Å². The molecule has 2 N–H and O–H groups in total. The molecule has 0 atom stereocenters. The van der Waals surface area contributed by atoms with Gasteiger partial charge in [-0.2, -0.15) is 0 Å². The number of fused-ring (bicyclic) bond motifs is 1. The van der Waals surface area contributed by atoms with Crippen molar-refractivity contribution in [2.45, 2.75) is 19.3 Å². The standard InChI is InChI=1S/C20H26N4O3/c1-21-19(25)14-24(20(26)27)11-8-15-6-9-23(10-7-15)18-12-16-4-2-3-5-17(16)13-22-18/h2-5,12-13,15H,6-11,14H2,1H3,(H,21,25)(H,26,27). The zero-order chi connectivity index (χ0) is 19.2. The Kier molecular flexibility index (Phi) is 6.11. The number of hydrogen-bond acceptors (Lipinski definition) is 4. The Morgan fingerprint density at radius 2 is 1.96 bits per heavy atom. The number of piperidine rings is 1. The van der Waals surface area contributed by atoms with E-state index in [1.165, 1.54) is 17.3 Å². The van der Waals surface area contributed by atoms with Crippen LogP contribution in [0.4, 0.5) is 10.6 Å². The summed E-state index contributed by atoms with van der Waals surface area (Å²) >= 11 is 0. The summed E-state index contributed by atoms with van der Waals surface area (Å²) < 4.78 is 0. The Bertz CT molecular complexity index is 803. The maximum atomic E-state index is 11.4. The molecule has 0 bridgehead atoms.